The van der Waals surface area contributed by atoms with Crippen molar-refractivity contribution < 1.29 is 18.0 Å². The maximum atomic E-state index is 12.4. The highest BCUT2D eigenvalue weighted by Crippen LogP contribution is 2.21. The summed E-state index contributed by atoms with van der Waals surface area (Å²) >= 11 is 0. The van der Waals surface area contributed by atoms with E-state index >= 15 is 0 Å². The molecule has 0 radical (unpaired) electrons. The lowest BCUT2D eigenvalue weighted by Gasteiger charge is -2.15. The molecule has 1 heterocycles. The molecular formula is C16H21N3O4S. The number of likely N-dealkylation sites (N-methyl/N-ethyl adjacent to an activating group) is 1. The van der Waals surface area contributed by atoms with Crippen LogP contribution in [0.3, 0.4) is 0 Å². The van der Waals surface area contributed by atoms with Gasteiger partial charge in [-0.25, -0.2) is 8.42 Å². The van der Waals surface area contributed by atoms with E-state index in [1.54, 1.807) is 0 Å². The van der Waals surface area contributed by atoms with Gasteiger partial charge in [0, 0.05) is 38.3 Å². The second kappa shape index (κ2) is 8.07. The zero-order chi connectivity index (χ0) is 17.6. The number of hydrogen-bond donors (Lipinski definition) is 2. The lowest BCUT2D eigenvalue weighted by Crippen LogP contribution is -2.28. The molecule has 130 valence electrons. The molecule has 24 heavy (non-hydrogen) atoms. The summed E-state index contributed by atoms with van der Waals surface area (Å²) in [5.74, 6) is -0.581. The Labute approximate surface area is 141 Å². The molecule has 0 aliphatic carbocycles. The van der Waals surface area contributed by atoms with Gasteiger partial charge < -0.3 is 10.6 Å². The number of benzene rings is 1. The van der Waals surface area contributed by atoms with Gasteiger partial charge in [0.15, 0.2) is 0 Å². The number of sulfonamides is 1. The van der Waals surface area contributed by atoms with Crippen molar-refractivity contribution in [2.24, 2.45) is 0 Å². The third-order valence-electron chi connectivity index (χ3n) is 3.72. The highest BCUT2D eigenvalue weighted by molar-refractivity contribution is 7.89. The summed E-state index contributed by atoms with van der Waals surface area (Å²) in [6.07, 6.45) is 4.61. The van der Waals surface area contributed by atoms with E-state index in [1.807, 2.05) is 0 Å². The Morgan fingerprint density at radius 2 is 1.79 bits per heavy atom. The second-order valence-electron chi connectivity index (χ2n) is 5.36. The fourth-order valence-electron chi connectivity index (χ4n) is 2.36. The summed E-state index contributed by atoms with van der Waals surface area (Å²) in [7, 11) is -1.95. The first-order chi connectivity index (χ1) is 11.4. The molecule has 0 atom stereocenters. The van der Waals surface area contributed by atoms with E-state index in [2.05, 4.69) is 10.6 Å². The SMILES string of the molecule is CNC(=O)/C=C/CNC(=O)c1ccc(S(=O)(=O)N2CCCC2)cc1. The largest absolute Gasteiger partial charge is 0.356 e. The number of amides is 2. The van der Waals surface area contributed by atoms with E-state index in [4.69, 9.17) is 0 Å². The number of rotatable bonds is 6. The van der Waals surface area contributed by atoms with Crippen LogP contribution in [0.4, 0.5) is 0 Å². The van der Waals surface area contributed by atoms with Crippen LogP contribution in [-0.4, -0.2) is 51.2 Å². The fourth-order valence-corrected chi connectivity index (χ4v) is 3.88. The van der Waals surface area contributed by atoms with Gasteiger partial charge in [-0.15, -0.1) is 0 Å². The minimum Gasteiger partial charge on any atom is -0.356 e. The zero-order valence-electron chi connectivity index (χ0n) is 13.5. The van der Waals surface area contributed by atoms with Crippen molar-refractivity contribution in [1.82, 2.24) is 14.9 Å². The molecule has 2 amide bonds. The summed E-state index contributed by atoms with van der Waals surface area (Å²) in [6, 6.07) is 5.87. The summed E-state index contributed by atoms with van der Waals surface area (Å²) in [5.41, 5.74) is 0.365. The lowest BCUT2D eigenvalue weighted by atomic mass is 10.2. The van der Waals surface area contributed by atoms with E-state index in [9.17, 15) is 18.0 Å². The maximum absolute atomic E-state index is 12.4. The van der Waals surface area contributed by atoms with Gasteiger partial charge in [0.2, 0.25) is 15.9 Å². The van der Waals surface area contributed by atoms with Gasteiger partial charge in [-0.05, 0) is 37.1 Å². The summed E-state index contributed by atoms with van der Waals surface area (Å²) < 4.78 is 26.3. The minimum absolute atomic E-state index is 0.195. The van der Waals surface area contributed by atoms with Gasteiger partial charge in [-0.1, -0.05) is 6.08 Å². The second-order valence-corrected chi connectivity index (χ2v) is 7.30. The van der Waals surface area contributed by atoms with Crippen LogP contribution < -0.4 is 10.6 Å². The third kappa shape index (κ3) is 4.42. The Bertz CT molecular complexity index is 720. The Morgan fingerprint density at radius 1 is 1.17 bits per heavy atom. The number of carbonyl (C=O) groups excluding carboxylic acids is 2. The van der Waals surface area contributed by atoms with Crippen LogP contribution >= 0.6 is 0 Å². The molecule has 1 aliphatic rings. The van der Waals surface area contributed by atoms with Gasteiger partial charge in [-0.2, -0.15) is 4.31 Å². The van der Waals surface area contributed by atoms with Crippen LogP contribution in [0.1, 0.15) is 23.2 Å². The first-order valence-electron chi connectivity index (χ1n) is 7.72. The average Bonchev–Trinajstić information content (AvgIpc) is 3.13. The molecule has 1 fully saturated rings. The van der Waals surface area contributed by atoms with Crippen molar-refractivity contribution >= 4 is 21.8 Å². The standard InChI is InChI=1S/C16H21N3O4S/c1-17-15(20)5-4-10-18-16(21)13-6-8-14(9-7-13)24(22,23)19-11-2-3-12-19/h4-9H,2-3,10-12H2,1H3,(H,17,20)(H,18,21)/b5-4+. The number of carbonyl (C=O) groups is 2. The molecule has 1 aromatic rings. The van der Waals surface area contributed by atoms with Crippen molar-refractivity contribution in [3.63, 3.8) is 0 Å². The molecule has 0 aromatic heterocycles. The molecule has 2 N–H and O–H groups in total. The predicted octanol–water partition coefficient (Wildman–Crippen LogP) is 0.503. The Balaban J connectivity index is 1.97. The van der Waals surface area contributed by atoms with Crippen molar-refractivity contribution in [3.05, 3.63) is 42.0 Å². The molecule has 1 saturated heterocycles. The molecule has 1 aliphatic heterocycles. The first kappa shape index (κ1) is 18.2. The monoisotopic (exact) mass is 351 g/mol. The van der Waals surface area contributed by atoms with E-state index in [1.165, 1.54) is 47.8 Å². The first-order valence-corrected chi connectivity index (χ1v) is 9.16. The molecule has 0 spiro atoms. The Morgan fingerprint density at radius 3 is 2.38 bits per heavy atom. The van der Waals surface area contributed by atoms with Gasteiger partial charge in [0.05, 0.1) is 4.90 Å². The van der Waals surface area contributed by atoms with E-state index in [0.717, 1.165) is 12.8 Å². The number of hydrogen-bond acceptors (Lipinski definition) is 4. The van der Waals surface area contributed by atoms with Gasteiger partial charge >= 0.3 is 0 Å². The lowest BCUT2D eigenvalue weighted by molar-refractivity contribution is -0.116. The molecule has 2 rings (SSSR count). The molecule has 0 unspecified atom stereocenters. The summed E-state index contributed by atoms with van der Waals surface area (Å²) in [5, 5.41) is 5.05. The smallest absolute Gasteiger partial charge is 0.251 e. The molecule has 1 aromatic carbocycles. The topological polar surface area (TPSA) is 95.6 Å². The molecule has 0 saturated carbocycles. The van der Waals surface area contributed by atoms with Crippen LogP contribution in [0, 0.1) is 0 Å². The molecular weight excluding hydrogens is 330 g/mol. The fraction of sp³-hybridized carbons (Fsp3) is 0.375. The van der Waals surface area contributed by atoms with Crippen molar-refractivity contribution in [2.45, 2.75) is 17.7 Å². The highest BCUT2D eigenvalue weighted by Gasteiger charge is 2.27. The van der Waals surface area contributed by atoms with Crippen molar-refractivity contribution in [2.75, 3.05) is 26.7 Å². The highest BCUT2D eigenvalue weighted by atomic mass is 32.2. The van der Waals surface area contributed by atoms with Crippen LogP contribution in [0.25, 0.3) is 0 Å². The van der Waals surface area contributed by atoms with E-state index in [-0.39, 0.29) is 23.3 Å². The predicted molar refractivity (Wildman–Crippen MR) is 90.0 cm³/mol. The van der Waals surface area contributed by atoms with Crippen LogP contribution in [0.15, 0.2) is 41.3 Å². The summed E-state index contributed by atoms with van der Waals surface area (Å²) in [6.45, 7) is 1.30. The maximum Gasteiger partial charge on any atom is 0.251 e. The van der Waals surface area contributed by atoms with Crippen LogP contribution in [-0.2, 0) is 14.8 Å². The van der Waals surface area contributed by atoms with Gasteiger partial charge in [0.1, 0.15) is 0 Å². The van der Waals surface area contributed by atoms with Crippen molar-refractivity contribution in [1.29, 1.82) is 0 Å². The minimum atomic E-state index is -3.47. The average molecular weight is 351 g/mol. The quantitative estimate of drug-likeness (QED) is 0.730. The van der Waals surface area contributed by atoms with E-state index < -0.39 is 10.0 Å². The summed E-state index contributed by atoms with van der Waals surface area (Å²) in [4.78, 5) is 23.2. The number of nitrogens with one attached hydrogen (secondary N) is 2. The molecule has 8 heteroatoms. The molecule has 7 nitrogen and oxygen atoms in total. The van der Waals surface area contributed by atoms with Gasteiger partial charge in [0.25, 0.3) is 5.91 Å². The van der Waals surface area contributed by atoms with Crippen LogP contribution in [0.5, 0.6) is 0 Å². The normalized spacial score (nSPS) is 15.5. The van der Waals surface area contributed by atoms with E-state index in [0.29, 0.717) is 18.7 Å². The Kier molecular flexibility index (Phi) is 6.10. The van der Waals surface area contributed by atoms with Crippen molar-refractivity contribution in [3.8, 4) is 0 Å². The van der Waals surface area contributed by atoms with Gasteiger partial charge in [-0.3, -0.25) is 9.59 Å². The zero-order valence-corrected chi connectivity index (χ0v) is 14.3. The third-order valence-corrected chi connectivity index (χ3v) is 5.63. The van der Waals surface area contributed by atoms with Crippen LogP contribution in [0.2, 0.25) is 0 Å². The Hall–Kier alpha value is -2.19. The molecule has 0 bridgehead atoms. The number of nitrogens with zero attached hydrogens (tertiary/aromatic N) is 1.